The summed E-state index contributed by atoms with van der Waals surface area (Å²) in [5.41, 5.74) is 11.0. The molecule has 1 aliphatic carbocycles. The Bertz CT molecular complexity index is 407. The fourth-order valence-corrected chi connectivity index (χ4v) is 2.37. The Morgan fingerprint density at radius 3 is 2.87 bits per heavy atom. The van der Waals surface area contributed by atoms with Crippen molar-refractivity contribution in [2.24, 2.45) is 5.73 Å². The first kappa shape index (κ1) is 10.2. The lowest BCUT2D eigenvalue weighted by Gasteiger charge is -2.10. The van der Waals surface area contributed by atoms with Gasteiger partial charge in [-0.15, -0.1) is 0 Å². The van der Waals surface area contributed by atoms with Gasteiger partial charge in [0.1, 0.15) is 5.75 Å². The quantitative estimate of drug-likeness (QED) is 0.800. The van der Waals surface area contributed by atoms with Crippen LogP contribution in [0.5, 0.6) is 5.75 Å². The van der Waals surface area contributed by atoms with Crippen LogP contribution in [0.3, 0.4) is 0 Å². The number of allylic oxidation sites excluding steroid dienone is 1. The molecular weight excluding hydrogens is 186 g/mol. The summed E-state index contributed by atoms with van der Waals surface area (Å²) in [6.07, 6.45) is 4.37. The van der Waals surface area contributed by atoms with Crippen LogP contribution in [0.4, 0.5) is 0 Å². The van der Waals surface area contributed by atoms with Gasteiger partial charge in [-0.25, -0.2) is 0 Å². The van der Waals surface area contributed by atoms with Gasteiger partial charge in [-0.2, -0.15) is 0 Å². The number of hydrogen-bond acceptors (Lipinski definition) is 2. The maximum absolute atomic E-state index is 5.58. The predicted octanol–water partition coefficient (Wildman–Crippen LogP) is 2.29. The van der Waals surface area contributed by atoms with Gasteiger partial charge < -0.3 is 10.5 Å². The van der Waals surface area contributed by atoms with E-state index in [9.17, 15) is 0 Å². The van der Waals surface area contributed by atoms with E-state index in [1.807, 2.05) is 0 Å². The fraction of sp³-hybridized carbons (Fsp3) is 0.385. The molecule has 0 atom stereocenters. The monoisotopic (exact) mass is 203 g/mol. The Morgan fingerprint density at radius 1 is 1.40 bits per heavy atom. The van der Waals surface area contributed by atoms with Crippen molar-refractivity contribution in [2.75, 3.05) is 13.7 Å². The molecule has 2 rings (SSSR count). The summed E-state index contributed by atoms with van der Waals surface area (Å²) in [7, 11) is 1.72. The Kier molecular flexibility index (Phi) is 2.78. The number of benzene rings is 1. The molecule has 1 aromatic rings. The van der Waals surface area contributed by atoms with Crippen LogP contribution in [0.15, 0.2) is 18.2 Å². The number of aryl methyl sites for hydroxylation is 1. The zero-order valence-electron chi connectivity index (χ0n) is 9.34. The van der Waals surface area contributed by atoms with Gasteiger partial charge in [-0.3, -0.25) is 0 Å². The van der Waals surface area contributed by atoms with Crippen LogP contribution in [0.2, 0.25) is 0 Å². The molecule has 2 heteroatoms. The first-order valence-corrected chi connectivity index (χ1v) is 5.34. The molecule has 0 fully saturated rings. The predicted molar refractivity (Wildman–Crippen MR) is 63.1 cm³/mol. The second-order valence-corrected chi connectivity index (χ2v) is 3.89. The molecule has 0 radical (unpaired) electrons. The average Bonchev–Trinajstić information content (AvgIpc) is 2.64. The molecule has 1 aromatic carbocycles. The first-order chi connectivity index (χ1) is 7.27. The summed E-state index contributed by atoms with van der Waals surface area (Å²) in [5.74, 6) is 0.971. The highest BCUT2D eigenvalue weighted by molar-refractivity contribution is 5.76. The van der Waals surface area contributed by atoms with Crippen LogP contribution in [-0.2, 0) is 6.42 Å². The highest BCUT2D eigenvalue weighted by atomic mass is 16.5. The molecule has 2 N–H and O–H groups in total. The standard InChI is InChI=1S/C13H17NO/c1-9-12(15-2)6-5-10-3-4-11(7-8-14)13(9)10/h5-7H,3-4,8,14H2,1-2H3/b11-7+. The minimum Gasteiger partial charge on any atom is -0.496 e. The molecule has 0 unspecified atom stereocenters. The van der Waals surface area contributed by atoms with E-state index in [0.717, 1.165) is 18.6 Å². The number of methoxy groups -OCH3 is 1. The van der Waals surface area contributed by atoms with Crippen LogP contribution in [0.1, 0.15) is 23.1 Å². The molecule has 0 heterocycles. The fourth-order valence-electron chi connectivity index (χ4n) is 2.37. The number of ether oxygens (including phenoxy) is 1. The lowest BCUT2D eigenvalue weighted by molar-refractivity contribution is 0.411. The summed E-state index contributed by atoms with van der Waals surface area (Å²) in [5, 5.41) is 0. The van der Waals surface area contributed by atoms with Crippen LogP contribution < -0.4 is 10.5 Å². The molecule has 2 nitrogen and oxygen atoms in total. The van der Waals surface area contributed by atoms with Crippen LogP contribution in [0, 0.1) is 6.92 Å². The second-order valence-electron chi connectivity index (χ2n) is 3.89. The number of fused-ring (bicyclic) bond motifs is 1. The summed E-state index contributed by atoms with van der Waals surface area (Å²) >= 11 is 0. The zero-order chi connectivity index (χ0) is 10.8. The molecular formula is C13H17NO. The maximum atomic E-state index is 5.58. The Hall–Kier alpha value is -1.28. The third-order valence-corrected chi connectivity index (χ3v) is 3.07. The van der Waals surface area contributed by atoms with Gasteiger partial charge in [0.15, 0.2) is 0 Å². The van der Waals surface area contributed by atoms with Crippen molar-refractivity contribution in [3.63, 3.8) is 0 Å². The molecule has 0 bridgehead atoms. The van der Waals surface area contributed by atoms with E-state index in [2.05, 4.69) is 25.1 Å². The Labute approximate surface area is 90.7 Å². The van der Waals surface area contributed by atoms with E-state index in [0.29, 0.717) is 6.54 Å². The molecule has 0 saturated heterocycles. The van der Waals surface area contributed by atoms with E-state index in [-0.39, 0.29) is 0 Å². The van der Waals surface area contributed by atoms with Crippen molar-refractivity contribution < 1.29 is 4.74 Å². The summed E-state index contributed by atoms with van der Waals surface area (Å²) in [6.45, 7) is 2.73. The highest BCUT2D eigenvalue weighted by Gasteiger charge is 2.19. The molecule has 15 heavy (non-hydrogen) atoms. The Balaban J connectivity index is 2.54. The lowest BCUT2D eigenvalue weighted by atomic mass is 10.0. The maximum Gasteiger partial charge on any atom is 0.122 e. The smallest absolute Gasteiger partial charge is 0.122 e. The van der Waals surface area contributed by atoms with Gasteiger partial charge >= 0.3 is 0 Å². The van der Waals surface area contributed by atoms with Gasteiger partial charge in [-0.05, 0) is 48.1 Å². The van der Waals surface area contributed by atoms with E-state index in [1.54, 1.807) is 7.11 Å². The normalized spacial score (nSPS) is 16.9. The minimum atomic E-state index is 0.616. The van der Waals surface area contributed by atoms with Gasteiger partial charge in [0.25, 0.3) is 0 Å². The van der Waals surface area contributed by atoms with E-state index >= 15 is 0 Å². The van der Waals surface area contributed by atoms with E-state index < -0.39 is 0 Å². The van der Waals surface area contributed by atoms with Crippen molar-refractivity contribution in [1.82, 2.24) is 0 Å². The Morgan fingerprint density at radius 2 is 2.20 bits per heavy atom. The van der Waals surface area contributed by atoms with E-state index in [1.165, 1.54) is 22.3 Å². The summed E-state index contributed by atoms with van der Waals surface area (Å²) < 4.78 is 5.34. The van der Waals surface area contributed by atoms with Gasteiger partial charge in [0.2, 0.25) is 0 Å². The van der Waals surface area contributed by atoms with E-state index in [4.69, 9.17) is 10.5 Å². The molecule has 1 aliphatic rings. The molecule has 0 amide bonds. The van der Waals surface area contributed by atoms with Crippen LogP contribution in [-0.4, -0.2) is 13.7 Å². The zero-order valence-corrected chi connectivity index (χ0v) is 9.34. The third kappa shape index (κ3) is 1.65. The topological polar surface area (TPSA) is 35.2 Å². The van der Waals surface area contributed by atoms with Gasteiger partial charge in [0.05, 0.1) is 7.11 Å². The molecule has 0 aromatic heterocycles. The lowest BCUT2D eigenvalue weighted by Crippen LogP contribution is -1.96. The average molecular weight is 203 g/mol. The largest absolute Gasteiger partial charge is 0.496 e. The molecule has 80 valence electrons. The van der Waals surface area contributed by atoms with Crippen LogP contribution >= 0.6 is 0 Å². The molecule has 0 aliphatic heterocycles. The number of hydrogen-bond donors (Lipinski definition) is 1. The summed E-state index contributed by atoms with van der Waals surface area (Å²) in [6, 6.07) is 4.22. The van der Waals surface area contributed by atoms with Crippen molar-refractivity contribution in [3.8, 4) is 5.75 Å². The summed E-state index contributed by atoms with van der Waals surface area (Å²) in [4.78, 5) is 0. The molecule has 0 spiro atoms. The third-order valence-electron chi connectivity index (χ3n) is 3.07. The second kappa shape index (κ2) is 4.07. The minimum absolute atomic E-state index is 0.616. The van der Waals surface area contributed by atoms with Crippen molar-refractivity contribution in [2.45, 2.75) is 19.8 Å². The highest BCUT2D eigenvalue weighted by Crippen LogP contribution is 2.38. The van der Waals surface area contributed by atoms with Crippen LogP contribution in [0.25, 0.3) is 5.57 Å². The van der Waals surface area contributed by atoms with Gasteiger partial charge in [-0.1, -0.05) is 12.1 Å². The van der Waals surface area contributed by atoms with Crippen molar-refractivity contribution in [1.29, 1.82) is 0 Å². The van der Waals surface area contributed by atoms with Crippen molar-refractivity contribution in [3.05, 3.63) is 34.9 Å². The first-order valence-electron chi connectivity index (χ1n) is 5.34. The number of nitrogens with two attached hydrogens (primary N) is 1. The van der Waals surface area contributed by atoms with Gasteiger partial charge in [0, 0.05) is 6.54 Å². The molecule has 0 saturated carbocycles. The van der Waals surface area contributed by atoms with Crippen molar-refractivity contribution >= 4 is 5.57 Å². The SMILES string of the molecule is COc1ccc2c(c1C)/C(=C/CN)CC2. The number of rotatable bonds is 2.